The topological polar surface area (TPSA) is 52.0 Å². The van der Waals surface area contributed by atoms with Gasteiger partial charge in [-0.3, -0.25) is 0 Å². The number of nitrogens with two attached hydrogens (primary N) is 2. The lowest BCUT2D eigenvalue weighted by Gasteiger charge is -2.10. The summed E-state index contributed by atoms with van der Waals surface area (Å²) in [5.41, 5.74) is 17.9. The molecule has 0 aromatic heterocycles. The first-order valence-electron chi connectivity index (χ1n) is 5.30. The molecule has 0 saturated heterocycles. The molecule has 4 N–H and O–H groups in total. The van der Waals surface area contributed by atoms with Crippen LogP contribution in [0.1, 0.15) is 11.1 Å². The van der Waals surface area contributed by atoms with Crippen molar-refractivity contribution in [2.24, 2.45) is 0 Å². The fourth-order valence-corrected chi connectivity index (χ4v) is 1.85. The van der Waals surface area contributed by atoms with Gasteiger partial charge in [0.05, 0.1) is 0 Å². The van der Waals surface area contributed by atoms with Crippen LogP contribution in [0.15, 0.2) is 36.4 Å². The molecule has 0 amide bonds. The maximum absolute atomic E-state index is 6.00. The zero-order valence-electron chi connectivity index (χ0n) is 9.62. The molecule has 2 nitrogen and oxygen atoms in total. The number of benzene rings is 2. The van der Waals surface area contributed by atoms with Gasteiger partial charge < -0.3 is 11.5 Å². The molecule has 2 aromatic rings. The lowest BCUT2D eigenvalue weighted by Crippen LogP contribution is -1.95. The quantitative estimate of drug-likeness (QED) is 0.713. The highest BCUT2D eigenvalue weighted by atomic mass is 14.6. The smallest absolute Gasteiger partial charge is 0.0397 e. The average molecular weight is 212 g/mol. The Balaban J connectivity index is 2.59. The maximum Gasteiger partial charge on any atom is 0.0397 e. The van der Waals surface area contributed by atoms with E-state index in [0.717, 1.165) is 33.6 Å². The zero-order valence-corrected chi connectivity index (χ0v) is 9.62. The van der Waals surface area contributed by atoms with Gasteiger partial charge in [0.25, 0.3) is 0 Å². The van der Waals surface area contributed by atoms with E-state index >= 15 is 0 Å². The first kappa shape index (κ1) is 10.6. The number of hydrogen-bond donors (Lipinski definition) is 2. The second-order valence-corrected chi connectivity index (χ2v) is 4.18. The first-order chi connectivity index (χ1) is 7.58. The van der Waals surface area contributed by atoms with Crippen LogP contribution in [0.2, 0.25) is 0 Å². The molecule has 0 fully saturated rings. The summed E-state index contributed by atoms with van der Waals surface area (Å²) < 4.78 is 0. The van der Waals surface area contributed by atoms with Crippen LogP contribution in [0.5, 0.6) is 0 Å². The Morgan fingerprint density at radius 1 is 0.688 bits per heavy atom. The van der Waals surface area contributed by atoms with E-state index in [0.29, 0.717) is 0 Å². The molecule has 0 unspecified atom stereocenters. The average Bonchev–Trinajstić information content (AvgIpc) is 2.19. The predicted molar refractivity (Wildman–Crippen MR) is 70.2 cm³/mol. The van der Waals surface area contributed by atoms with Crippen molar-refractivity contribution in [3.8, 4) is 11.1 Å². The molecule has 0 radical (unpaired) electrons. The Hall–Kier alpha value is -1.96. The van der Waals surface area contributed by atoms with Crippen molar-refractivity contribution < 1.29 is 0 Å². The van der Waals surface area contributed by atoms with Crippen LogP contribution in [-0.4, -0.2) is 0 Å². The molecule has 2 aromatic carbocycles. The summed E-state index contributed by atoms with van der Waals surface area (Å²) in [5, 5.41) is 0. The number of anilines is 2. The third-order valence-corrected chi connectivity index (χ3v) is 2.70. The van der Waals surface area contributed by atoms with Crippen molar-refractivity contribution in [3.05, 3.63) is 47.5 Å². The predicted octanol–water partition coefficient (Wildman–Crippen LogP) is 3.13. The minimum absolute atomic E-state index is 0.774. The molecule has 16 heavy (non-hydrogen) atoms. The van der Waals surface area contributed by atoms with E-state index < -0.39 is 0 Å². The van der Waals surface area contributed by atoms with Crippen LogP contribution in [0.25, 0.3) is 11.1 Å². The Labute approximate surface area is 95.9 Å². The number of rotatable bonds is 1. The Morgan fingerprint density at radius 2 is 1.06 bits per heavy atom. The minimum Gasteiger partial charge on any atom is -0.398 e. The maximum atomic E-state index is 6.00. The van der Waals surface area contributed by atoms with Gasteiger partial charge in [-0.2, -0.15) is 0 Å². The molecule has 0 heterocycles. The molecule has 82 valence electrons. The molecule has 0 atom stereocenters. The summed E-state index contributed by atoms with van der Waals surface area (Å²) in [6, 6.07) is 12.1. The van der Waals surface area contributed by atoms with Crippen molar-refractivity contribution in [1.82, 2.24) is 0 Å². The highest BCUT2D eigenvalue weighted by Crippen LogP contribution is 2.31. The summed E-state index contributed by atoms with van der Waals surface area (Å²) in [4.78, 5) is 0. The van der Waals surface area contributed by atoms with E-state index in [4.69, 9.17) is 11.5 Å². The highest BCUT2D eigenvalue weighted by molar-refractivity contribution is 5.84. The Bertz CT molecular complexity index is 481. The fraction of sp³-hybridized carbons (Fsp3) is 0.143. The van der Waals surface area contributed by atoms with Crippen LogP contribution < -0.4 is 11.5 Å². The van der Waals surface area contributed by atoms with Crippen molar-refractivity contribution in [3.63, 3.8) is 0 Å². The van der Waals surface area contributed by atoms with Crippen molar-refractivity contribution in [1.29, 1.82) is 0 Å². The second kappa shape index (κ2) is 3.89. The molecule has 0 bridgehead atoms. The van der Waals surface area contributed by atoms with Gasteiger partial charge in [-0.15, -0.1) is 0 Å². The Morgan fingerprint density at radius 3 is 1.38 bits per heavy atom. The molecule has 2 rings (SSSR count). The van der Waals surface area contributed by atoms with Crippen molar-refractivity contribution >= 4 is 11.4 Å². The zero-order chi connectivity index (χ0) is 11.7. The molecule has 0 aliphatic heterocycles. The summed E-state index contributed by atoms with van der Waals surface area (Å²) >= 11 is 0. The van der Waals surface area contributed by atoms with E-state index in [-0.39, 0.29) is 0 Å². The van der Waals surface area contributed by atoms with E-state index in [9.17, 15) is 0 Å². The molecular formula is C14H16N2. The van der Waals surface area contributed by atoms with Crippen LogP contribution >= 0.6 is 0 Å². The van der Waals surface area contributed by atoms with Crippen LogP contribution in [0.4, 0.5) is 11.4 Å². The van der Waals surface area contributed by atoms with Gasteiger partial charge in [-0.25, -0.2) is 0 Å². The lowest BCUT2D eigenvalue weighted by molar-refractivity contribution is 1.45. The van der Waals surface area contributed by atoms with Gasteiger partial charge >= 0.3 is 0 Å². The fourth-order valence-electron chi connectivity index (χ4n) is 1.85. The lowest BCUT2D eigenvalue weighted by atomic mass is 9.99. The molecule has 0 aliphatic rings. The van der Waals surface area contributed by atoms with Gasteiger partial charge in [0.1, 0.15) is 0 Å². The standard InChI is InChI=1S/C14H16N2/c1-9-3-5-11(13(15)7-9)12-6-4-10(2)8-14(12)16/h3-8H,15-16H2,1-2H3. The molecular weight excluding hydrogens is 196 g/mol. The van der Waals surface area contributed by atoms with Crippen molar-refractivity contribution in [2.75, 3.05) is 11.5 Å². The minimum atomic E-state index is 0.774. The van der Waals surface area contributed by atoms with Crippen LogP contribution in [0.3, 0.4) is 0 Å². The largest absolute Gasteiger partial charge is 0.398 e. The number of hydrogen-bond acceptors (Lipinski definition) is 2. The summed E-state index contributed by atoms with van der Waals surface area (Å²) in [7, 11) is 0. The second-order valence-electron chi connectivity index (χ2n) is 4.18. The third-order valence-electron chi connectivity index (χ3n) is 2.70. The van der Waals surface area contributed by atoms with Gasteiger partial charge in [0.2, 0.25) is 0 Å². The highest BCUT2D eigenvalue weighted by Gasteiger charge is 2.06. The first-order valence-corrected chi connectivity index (χ1v) is 5.30. The van der Waals surface area contributed by atoms with Crippen LogP contribution in [-0.2, 0) is 0 Å². The van der Waals surface area contributed by atoms with Gasteiger partial charge in [-0.05, 0) is 37.1 Å². The Kier molecular flexibility index (Phi) is 2.57. The van der Waals surface area contributed by atoms with Gasteiger partial charge in [-0.1, -0.05) is 24.3 Å². The number of nitrogen functional groups attached to an aromatic ring is 2. The molecule has 0 saturated carbocycles. The molecule has 0 spiro atoms. The van der Waals surface area contributed by atoms with Crippen molar-refractivity contribution in [2.45, 2.75) is 13.8 Å². The van der Waals surface area contributed by atoms with Gasteiger partial charge in [0, 0.05) is 22.5 Å². The summed E-state index contributed by atoms with van der Waals surface area (Å²) in [6.07, 6.45) is 0. The third kappa shape index (κ3) is 1.87. The SMILES string of the molecule is Cc1ccc(-c2ccc(C)cc2N)c(N)c1. The van der Waals surface area contributed by atoms with Gasteiger partial charge in [0.15, 0.2) is 0 Å². The monoisotopic (exact) mass is 212 g/mol. The van der Waals surface area contributed by atoms with E-state index in [1.807, 2.05) is 50.2 Å². The van der Waals surface area contributed by atoms with E-state index in [1.54, 1.807) is 0 Å². The summed E-state index contributed by atoms with van der Waals surface area (Å²) in [5.74, 6) is 0. The van der Waals surface area contributed by atoms with E-state index in [2.05, 4.69) is 0 Å². The number of aryl methyl sites for hydroxylation is 2. The molecule has 2 heteroatoms. The normalized spacial score (nSPS) is 10.4. The molecule has 0 aliphatic carbocycles. The van der Waals surface area contributed by atoms with Crippen LogP contribution in [0, 0.1) is 13.8 Å². The summed E-state index contributed by atoms with van der Waals surface area (Å²) in [6.45, 7) is 4.05. The van der Waals surface area contributed by atoms with E-state index in [1.165, 1.54) is 0 Å².